The Balaban J connectivity index is 1.91. The molecule has 1 N–H and O–H groups in total. The fourth-order valence-corrected chi connectivity index (χ4v) is 3.92. The molecular formula is C15H18N4O4S. The van der Waals surface area contributed by atoms with Crippen molar-refractivity contribution >= 4 is 15.9 Å². The highest BCUT2D eigenvalue weighted by Gasteiger charge is 2.30. The Morgan fingerprint density at radius 3 is 2.62 bits per heavy atom. The number of oxazole rings is 1. The van der Waals surface area contributed by atoms with Gasteiger partial charge in [-0.15, -0.1) is 0 Å². The topological polar surface area (TPSA) is 112 Å². The first-order valence-electron chi connectivity index (χ1n) is 7.69. The third-order valence-electron chi connectivity index (χ3n) is 3.60. The number of hydrogen-bond donors (Lipinski definition) is 1. The molecule has 2 aromatic heterocycles. The van der Waals surface area contributed by atoms with Gasteiger partial charge in [0.2, 0.25) is 16.7 Å². The maximum Gasteiger partial charge on any atom is 0.276 e. The summed E-state index contributed by atoms with van der Waals surface area (Å²) in [5.41, 5.74) is 0.0963. The Morgan fingerprint density at radius 1 is 1.29 bits per heavy atom. The maximum atomic E-state index is 12.5. The molecule has 0 amide bonds. The molecule has 24 heavy (non-hydrogen) atoms. The van der Waals surface area contributed by atoms with Crippen molar-refractivity contribution in [2.45, 2.75) is 37.8 Å². The lowest BCUT2D eigenvalue weighted by atomic mass is 10.4. The van der Waals surface area contributed by atoms with Gasteiger partial charge in [0.1, 0.15) is 6.07 Å². The van der Waals surface area contributed by atoms with Crippen LogP contribution < -0.4 is 5.32 Å². The molecule has 0 spiro atoms. The molecule has 1 saturated heterocycles. The van der Waals surface area contributed by atoms with E-state index >= 15 is 0 Å². The summed E-state index contributed by atoms with van der Waals surface area (Å²) in [6, 6.07) is 4.86. The number of aromatic nitrogens is 1. The van der Waals surface area contributed by atoms with Gasteiger partial charge < -0.3 is 14.2 Å². The number of rotatable bonds is 5. The third kappa shape index (κ3) is 3.02. The predicted octanol–water partition coefficient (Wildman–Crippen LogP) is 2.41. The largest absolute Gasteiger partial charge is 0.438 e. The normalized spacial score (nSPS) is 15.8. The lowest BCUT2D eigenvalue weighted by Crippen LogP contribution is -2.27. The van der Waals surface area contributed by atoms with Crippen LogP contribution in [-0.2, 0) is 10.0 Å². The molecule has 2 aromatic rings. The van der Waals surface area contributed by atoms with E-state index in [1.165, 1.54) is 16.4 Å². The van der Waals surface area contributed by atoms with Gasteiger partial charge in [-0.05, 0) is 38.8 Å². The molecule has 0 aromatic carbocycles. The monoisotopic (exact) mass is 350 g/mol. The highest BCUT2D eigenvalue weighted by atomic mass is 32.2. The van der Waals surface area contributed by atoms with Gasteiger partial charge in [0.25, 0.3) is 15.9 Å². The molecule has 0 radical (unpaired) electrons. The summed E-state index contributed by atoms with van der Waals surface area (Å²) >= 11 is 0. The Bertz CT molecular complexity index is 870. The van der Waals surface area contributed by atoms with Crippen LogP contribution in [0.15, 0.2) is 26.1 Å². The maximum absolute atomic E-state index is 12.5. The predicted molar refractivity (Wildman–Crippen MR) is 85.7 cm³/mol. The molecule has 0 unspecified atom stereocenters. The van der Waals surface area contributed by atoms with E-state index in [9.17, 15) is 8.42 Å². The Hall–Kier alpha value is -2.31. The van der Waals surface area contributed by atoms with Gasteiger partial charge in [0.15, 0.2) is 5.76 Å². The fraction of sp³-hybridized carbons (Fsp3) is 0.467. The number of sulfonamides is 1. The number of anilines is 1. The molecule has 0 atom stereocenters. The van der Waals surface area contributed by atoms with Crippen LogP contribution in [0.5, 0.6) is 0 Å². The quantitative estimate of drug-likeness (QED) is 0.881. The number of furan rings is 1. The average molecular weight is 350 g/mol. The number of hydrogen-bond acceptors (Lipinski definition) is 7. The van der Waals surface area contributed by atoms with Gasteiger partial charge in [-0.25, -0.2) is 8.42 Å². The summed E-state index contributed by atoms with van der Waals surface area (Å²) in [5.74, 6) is 0.474. The van der Waals surface area contributed by atoms with Gasteiger partial charge in [0, 0.05) is 19.1 Å². The van der Waals surface area contributed by atoms with Crippen LogP contribution in [0.2, 0.25) is 0 Å². The van der Waals surface area contributed by atoms with Crippen molar-refractivity contribution < 1.29 is 17.3 Å². The lowest BCUT2D eigenvalue weighted by Gasteiger charge is -2.12. The van der Waals surface area contributed by atoms with Crippen molar-refractivity contribution in [3.63, 3.8) is 0 Å². The van der Waals surface area contributed by atoms with E-state index in [0.29, 0.717) is 13.1 Å². The molecule has 0 saturated carbocycles. The van der Waals surface area contributed by atoms with Crippen molar-refractivity contribution in [1.29, 1.82) is 5.26 Å². The van der Waals surface area contributed by atoms with Crippen molar-refractivity contribution in [3.8, 4) is 17.7 Å². The van der Waals surface area contributed by atoms with E-state index in [1.54, 1.807) is 0 Å². The van der Waals surface area contributed by atoms with Crippen molar-refractivity contribution in [2.75, 3.05) is 18.4 Å². The highest BCUT2D eigenvalue weighted by Crippen LogP contribution is 2.30. The van der Waals surface area contributed by atoms with Crippen LogP contribution in [0, 0.1) is 11.3 Å². The van der Waals surface area contributed by atoms with Crippen molar-refractivity contribution in [2.24, 2.45) is 0 Å². The van der Waals surface area contributed by atoms with Gasteiger partial charge >= 0.3 is 0 Å². The molecule has 8 nitrogen and oxygen atoms in total. The Kier molecular flexibility index (Phi) is 4.34. The first-order valence-corrected chi connectivity index (χ1v) is 9.13. The Morgan fingerprint density at radius 2 is 2.00 bits per heavy atom. The summed E-state index contributed by atoms with van der Waals surface area (Å²) in [6.07, 6.45) is 1.70. The van der Waals surface area contributed by atoms with Crippen LogP contribution in [0.3, 0.4) is 0 Å². The zero-order valence-corrected chi connectivity index (χ0v) is 14.3. The van der Waals surface area contributed by atoms with E-state index in [2.05, 4.69) is 10.3 Å². The molecule has 128 valence electrons. The minimum Gasteiger partial charge on any atom is -0.438 e. The molecule has 1 aliphatic rings. The van der Waals surface area contributed by atoms with Crippen LogP contribution in [0.25, 0.3) is 11.7 Å². The van der Waals surface area contributed by atoms with Crippen LogP contribution in [0.4, 0.5) is 5.88 Å². The van der Waals surface area contributed by atoms with Crippen molar-refractivity contribution in [1.82, 2.24) is 9.29 Å². The number of nitrogens with one attached hydrogen (secondary N) is 1. The number of nitriles is 1. The first-order chi connectivity index (χ1) is 11.4. The Labute approximate surface area is 140 Å². The zero-order chi connectivity index (χ0) is 17.3. The first kappa shape index (κ1) is 16.5. The third-order valence-corrected chi connectivity index (χ3v) is 5.38. The zero-order valence-electron chi connectivity index (χ0n) is 13.4. The van der Waals surface area contributed by atoms with Gasteiger partial charge in [0.05, 0.1) is 0 Å². The second-order valence-electron chi connectivity index (χ2n) is 5.84. The molecule has 1 aliphatic heterocycles. The van der Waals surface area contributed by atoms with E-state index in [-0.39, 0.29) is 34.4 Å². The van der Waals surface area contributed by atoms with Gasteiger partial charge in [-0.3, -0.25) is 0 Å². The standard InChI is InChI=1S/C15H18N4O4S/c1-10(2)17-14-11(9-16)18-15(23-14)12-5-6-13(22-12)24(20,21)19-7-3-4-8-19/h5-6,10,17H,3-4,7-8H2,1-2H3. The average Bonchev–Trinajstić information content (AvgIpc) is 3.27. The minimum absolute atomic E-state index is 0.0561. The van der Waals surface area contributed by atoms with Crippen molar-refractivity contribution in [3.05, 3.63) is 17.8 Å². The van der Waals surface area contributed by atoms with E-state index in [0.717, 1.165) is 12.8 Å². The summed E-state index contributed by atoms with van der Waals surface area (Å²) in [4.78, 5) is 4.05. The van der Waals surface area contributed by atoms with Gasteiger partial charge in [-0.1, -0.05) is 0 Å². The second kappa shape index (κ2) is 6.30. The molecule has 1 fully saturated rings. The van der Waals surface area contributed by atoms with Crippen LogP contribution in [-0.4, -0.2) is 36.8 Å². The van der Waals surface area contributed by atoms with Crippen LogP contribution >= 0.6 is 0 Å². The van der Waals surface area contributed by atoms with E-state index in [4.69, 9.17) is 14.1 Å². The second-order valence-corrected chi connectivity index (χ2v) is 7.71. The minimum atomic E-state index is -3.64. The summed E-state index contributed by atoms with van der Waals surface area (Å²) < 4.78 is 37.3. The van der Waals surface area contributed by atoms with Gasteiger partial charge in [-0.2, -0.15) is 14.6 Å². The molecular weight excluding hydrogens is 332 g/mol. The molecule has 0 aliphatic carbocycles. The summed E-state index contributed by atoms with van der Waals surface area (Å²) in [6.45, 7) is 4.80. The summed E-state index contributed by atoms with van der Waals surface area (Å²) in [7, 11) is -3.64. The molecule has 3 heterocycles. The molecule has 0 bridgehead atoms. The van der Waals surface area contributed by atoms with Crippen LogP contribution in [0.1, 0.15) is 32.4 Å². The number of nitrogens with zero attached hydrogens (tertiary/aromatic N) is 3. The van der Waals surface area contributed by atoms with E-state index in [1.807, 2.05) is 19.9 Å². The fourth-order valence-electron chi connectivity index (χ4n) is 2.49. The molecule has 3 rings (SSSR count). The highest BCUT2D eigenvalue weighted by molar-refractivity contribution is 7.89. The molecule has 9 heteroatoms. The smallest absolute Gasteiger partial charge is 0.276 e. The summed E-state index contributed by atoms with van der Waals surface area (Å²) in [5, 5.41) is 12.0. The van der Waals surface area contributed by atoms with E-state index < -0.39 is 10.0 Å². The lowest BCUT2D eigenvalue weighted by molar-refractivity contribution is 0.410. The SMILES string of the molecule is CC(C)Nc1oc(-c2ccc(S(=O)(=O)N3CCCC3)o2)nc1C#N.